The van der Waals surface area contributed by atoms with Crippen LogP contribution in [-0.2, 0) is 16.6 Å². The van der Waals surface area contributed by atoms with Crippen molar-refractivity contribution >= 4 is 10.2 Å². The van der Waals surface area contributed by atoms with Crippen LogP contribution in [-0.4, -0.2) is 48.2 Å². The molecule has 0 spiro atoms. The lowest BCUT2D eigenvalue weighted by Gasteiger charge is -2.35. The summed E-state index contributed by atoms with van der Waals surface area (Å²) in [7, 11) is -3.45. The van der Waals surface area contributed by atoms with Gasteiger partial charge in [0.05, 0.1) is 0 Å². The number of aryl methyl sites for hydroxylation is 1. The van der Waals surface area contributed by atoms with Crippen LogP contribution in [0.25, 0.3) is 0 Å². The van der Waals surface area contributed by atoms with Gasteiger partial charge >= 0.3 is 0 Å². The quantitative estimate of drug-likeness (QED) is 0.684. The molecule has 7 heteroatoms. The van der Waals surface area contributed by atoms with Gasteiger partial charge in [-0.1, -0.05) is 32.0 Å². The van der Waals surface area contributed by atoms with Crippen LogP contribution in [0.15, 0.2) is 36.4 Å². The molecule has 158 valence electrons. The number of pyridine rings is 1. The maximum absolute atomic E-state index is 14.1. The first-order valence-electron chi connectivity index (χ1n) is 10.3. The van der Waals surface area contributed by atoms with Gasteiger partial charge in [-0.15, -0.1) is 0 Å². The molecule has 1 aliphatic heterocycles. The molecule has 0 amide bonds. The minimum Gasteiger partial charge on any atom is -0.258 e. The van der Waals surface area contributed by atoms with E-state index in [1.807, 2.05) is 39.0 Å². The molecular formula is C22H30FN3O2S. The van der Waals surface area contributed by atoms with Crippen LogP contribution in [0.1, 0.15) is 55.1 Å². The van der Waals surface area contributed by atoms with E-state index in [-0.39, 0.29) is 11.7 Å². The predicted octanol–water partition coefficient (Wildman–Crippen LogP) is 3.89. The van der Waals surface area contributed by atoms with Crippen molar-refractivity contribution in [2.45, 2.75) is 46.0 Å². The largest absolute Gasteiger partial charge is 0.281 e. The zero-order chi connectivity index (χ0) is 21.0. The van der Waals surface area contributed by atoms with E-state index in [0.29, 0.717) is 38.2 Å². The number of piperidine rings is 1. The lowest BCUT2D eigenvalue weighted by Crippen LogP contribution is -2.47. The Kier molecular flexibility index (Phi) is 7.03. The summed E-state index contributed by atoms with van der Waals surface area (Å²) < 4.78 is 43.0. The number of aromatic nitrogens is 1. The van der Waals surface area contributed by atoms with E-state index in [1.54, 1.807) is 16.4 Å². The van der Waals surface area contributed by atoms with Crippen LogP contribution in [0.5, 0.6) is 0 Å². The molecule has 3 rings (SSSR count). The summed E-state index contributed by atoms with van der Waals surface area (Å²) in [5.74, 6) is -0.161. The Morgan fingerprint density at radius 3 is 2.62 bits per heavy atom. The minimum atomic E-state index is -3.45. The molecule has 5 nitrogen and oxygen atoms in total. The summed E-state index contributed by atoms with van der Waals surface area (Å²) in [5, 5.41) is 0. The topological polar surface area (TPSA) is 53.5 Å². The van der Waals surface area contributed by atoms with Crippen LogP contribution in [0.4, 0.5) is 4.39 Å². The summed E-state index contributed by atoms with van der Waals surface area (Å²) in [4.78, 5) is 4.69. The van der Waals surface area contributed by atoms with Gasteiger partial charge in [0, 0.05) is 49.9 Å². The highest BCUT2D eigenvalue weighted by molar-refractivity contribution is 7.86. The standard InChI is InChI=1S/C22H30FN3O2S/c1-4-25(5-2)29(27,28)26-12-8-10-20(16-26)22-15-18(13-17(3)24-22)14-19-9-6-7-11-21(19)23/h6-7,9,11,13,15,20H,4-5,8,10,12,14,16H2,1-3H3/t20-/m1/s1. The molecule has 1 atom stereocenters. The fourth-order valence-electron chi connectivity index (χ4n) is 4.05. The lowest BCUT2D eigenvalue weighted by molar-refractivity contribution is 0.285. The molecule has 0 N–H and O–H groups in total. The molecule has 0 bridgehead atoms. The van der Waals surface area contributed by atoms with Gasteiger partial charge in [-0.3, -0.25) is 4.98 Å². The highest BCUT2D eigenvalue weighted by Gasteiger charge is 2.33. The van der Waals surface area contributed by atoms with E-state index in [2.05, 4.69) is 0 Å². The molecule has 2 heterocycles. The molecule has 2 aromatic rings. The van der Waals surface area contributed by atoms with Crippen molar-refractivity contribution in [3.8, 4) is 0 Å². The van der Waals surface area contributed by atoms with E-state index < -0.39 is 10.2 Å². The third-order valence-electron chi connectivity index (χ3n) is 5.55. The van der Waals surface area contributed by atoms with Crippen molar-refractivity contribution < 1.29 is 12.8 Å². The molecule has 0 saturated carbocycles. The number of benzene rings is 1. The molecule has 1 aromatic heterocycles. The van der Waals surface area contributed by atoms with Gasteiger partial charge in [0.1, 0.15) is 5.82 Å². The van der Waals surface area contributed by atoms with Crippen molar-refractivity contribution in [1.82, 2.24) is 13.6 Å². The van der Waals surface area contributed by atoms with Crippen molar-refractivity contribution in [3.05, 3.63) is 64.7 Å². The van der Waals surface area contributed by atoms with E-state index in [1.165, 1.54) is 10.4 Å². The molecule has 1 aromatic carbocycles. The predicted molar refractivity (Wildman–Crippen MR) is 114 cm³/mol. The third kappa shape index (κ3) is 5.02. The second kappa shape index (κ2) is 9.32. The molecule has 0 unspecified atom stereocenters. The summed E-state index contributed by atoms with van der Waals surface area (Å²) in [6.45, 7) is 7.57. The first kappa shape index (κ1) is 21.9. The van der Waals surface area contributed by atoms with Gasteiger partial charge < -0.3 is 0 Å². The number of hydrogen-bond donors (Lipinski definition) is 0. The zero-order valence-corrected chi connectivity index (χ0v) is 18.3. The highest BCUT2D eigenvalue weighted by atomic mass is 32.2. The number of nitrogens with zero attached hydrogens (tertiary/aromatic N) is 3. The fourth-order valence-corrected chi connectivity index (χ4v) is 5.75. The van der Waals surface area contributed by atoms with Crippen LogP contribution in [0.3, 0.4) is 0 Å². The van der Waals surface area contributed by atoms with E-state index >= 15 is 0 Å². The molecular weight excluding hydrogens is 389 g/mol. The SMILES string of the molecule is CCN(CC)S(=O)(=O)N1CCC[C@@H](c2cc(Cc3ccccc3F)cc(C)n2)C1. The van der Waals surface area contributed by atoms with E-state index in [4.69, 9.17) is 4.98 Å². The van der Waals surface area contributed by atoms with Crippen LogP contribution in [0.2, 0.25) is 0 Å². The van der Waals surface area contributed by atoms with Gasteiger partial charge in [0.15, 0.2) is 0 Å². The van der Waals surface area contributed by atoms with Crippen molar-refractivity contribution in [1.29, 1.82) is 0 Å². The number of hydrogen-bond acceptors (Lipinski definition) is 3. The van der Waals surface area contributed by atoms with Gasteiger partial charge in [-0.2, -0.15) is 17.0 Å². The molecule has 0 aliphatic carbocycles. The average Bonchev–Trinajstić information content (AvgIpc) is 2.70. The fraction of sp³-hybridized carbons (Fsp3) is 0.500. The second-order valence-corrected chi connectivity index (χ2v) is 9.53. The Labute approximate surface area is 173 Å². The number of halogens is 1. The smallest absolute Gasteiger partial charge is 0.258 e. The van der Waals surface area contributed by atoms with Crippen molar-refractivity contribution in [3.63, 3.8) is 0 Å². The molecule has 1 aliphatic rings. The van der Waals surface area contributed by atoms with E-state index in [9.17, 15) is 12.8 Å². The van der Waals surface area contributed by atoms with Gasteiger partial charge in [0.2, 0.25) is 0 Å². The summed E-state index contributed by atoms with van der Waals surface area (Å²) in [6.07, 6.45) is 2.21. The molecule has 0 radical (unpaired) electrons. The second-order valence-electron chi connectivity index (χ2n) is 7.60. The molecule has 1 saturated heterocycles. The van der Waals surface area contributed by atoms with Gasteiger partial charge in [-0.25, -0.2) is 4.39 Å². The van der Waals surface area contributed by atoms with Crippen LogP contribution in [0, 0.1) is 12.7 Å². The third-order valence-corrected chi connectivity index (χ3v) is 7.70. The average molecular weight is 420 g/mol. The minimum absolute atomic E-state index is 0.0494. The Hall–Kier alpha value is -1.83. The highest BCUT2D eigenvalue weighted by Crippen LogP contribution is 2.29. The Morgan fingerprint density at radius 2 is 1.93 bits per heavy atom. The summed E-state index contributed by atoms with van der Waals surface area (Å²) in [5.41, 5.74) is 3.42. The first-order chi connectivity index (χ1) is 13.8. The lowest BCUT2D eigenvalue weighted by atomic mass is 9.93. The molecule has 29 heavy (non-hydrogen) atoms. The maximum Gasteiger partial charge on any atom is 0.281 e. The Balaban J connectivity index is 1.83. The van der Waals surface area contributed by atoms with E-state index in [0.717, 1.165) is 29.8 Å². The first-order valence-corrected chi connectivity index (χ1v) is 11.7. The molecule has 1 fully saturated rings. The Morgan fingerprint density at radius 1 is 1.21 bits per heavy atom. The number of rotatable bonds is 7. The van der Waals surface area contributed by atoms with Crippen LogP contribution < -0.4 is 0 Å². The normalized spacial score (nSPS) is 18.3. The van der Waals surface area contributed by atoms with Crippen molar-refractivity contribution in [2.75, 3.05) is 26.2 Å². The zero-order valence-electron chi connectivity index (χ0n) is 17.4. The Bertz CT molecular complexity index is 945. The maximum atomic E-state index is 14.1. The van der Waals surface area contributed by atoms with Crippen LogP contribution >= 0.6 is 0 Å². The summed E-state index contributed by atoms with van der Waals surface area (Å²) >= 11 is 0. The summed E-state index contributed by atoms with van der Waals surface area (Å²) in [6, 6.07) is 10.8. The van der Waals surface area contributed by atoms with Gasteiger partial charge in [-0.05, 0) is 49.1 Å². The monoisotopic (exact) mass is 419 g/mol. The van der Waals surface area contributed by atoms with Gasteiger partial charge in [0.25, 0.3) is 10.2 Å². The van der Waals surface area contributed by atoms with Crippen molar-refractivity contribution in [2.24, 2.45) is 0 Å².